The number of benzene rings is 1. The van der Waals surface area contributed by atoms with Gasteiger partial charge in [0.2, 0.25) is 0 Å². The molecule has 42 heavy (non-hydrogen) atoms. The van der Waals surface area contributed by atoms with Crippen molar-refractivity contribution in [1.82, 2.24) is 0 Å². The van der Waals surface area contributed by atoms with E-state index in [0.29, 0.717) is 138 Å². The topological polar surface area (TPSA) is 119 Å². The summed E-state index contributed by atoms with van der Waals surface area (Å²) in [5, 5.41) is 0. The van der Waals surface area contributed by atoms with E-state index in [1.165, 1.54) is 0 Å². The molecule has 0 heterocycles. The van der Waals surface area contributed by atoms with Gasteiger partial charge in [0.25, 0.3) is 0 Å². The van der Waals surface area contributed by atoms with Crippen LogP contribution in [0.15, 0.2) is 43.0 Å². The van der Waals surface area contributed by atoms with Gasteiger partial charge in [-0.3, -0.25) is 0 Å². The van der Waals surface area contributed by atoms with E-state index in [1.807, 2.05) is 6.07 Å². The molecule has 0 amide bonds. The van der Waals surface area contributed by atoms with Crippen LogP contribution in [0.25, 0.3) is 0 Å². The van der Waals surface area contributed by atoms with E-state index in [1.54, 1.807) is 30.3 Å². The predicted molar refractivity (Wildman–Crippen MR) is 155 cm³/mol. The lowest BCUT2D eigenvalue weighted by molar-refractivity contribution is -0.0268. The molecule has 0 saturated carbocycles. The number of hydrogen-bond donors (Lipinski definition) is 0. The highest BCUT2D eigenvalue weighted by atomic mass is 16.6. The number of rotatable bonds is 33. The summed E-state index contributed by atoms with van der Waals surface area (Å²) >= 11 is 0. The van der Waals surface area contributed by atoms with Gasteiger partial charge >= 0.3 is 5.97 Å². The molecule has 0 unspecified atom stereocenters. The lowest BCUT2D eigenvalue weighted by Gasteiger charge is -2.09. The SMILES string of the molecule is C=CCOCCOCCOCCOCCOCCOCCOCCOCCOCCOCCOC(=O)c1ccccc1. The lowest BCUT2D eigenvalue weighted by Crippen LogP contribution is -2.15. The Hall–Kier alpha value is -1.97. The zero-order valence-electron chi connectivity index (χ0n) is 24.9. The van der Waals surface area contributed by atoms with Gasteiger partial charge in [0, 0.05) is 0 Å². The molecule has 0 aliphatic heterocycles. The number of ether oxygens (including phenoxy) is 11. The van der Waals surface area contributed by atoms with E-state index in [2.05, 4.69) is 6.58 Å². The third-order valence-electron chi connectivity index (χ3n) is 5.05. The zero-order valence-corrected chi connectivity index (χ0v) is 24.9. The Morgan fingerprint density at radius 3 is 1.05 bits per heavy atom. The summed E-state index contributed by atoms with van der Waals surface area (Å²) in [5.74, 6) is -0.356. The van der Waals surface area contributed by atoms with Crippen LogP contribution in [0.3, 0.4) is 0 Å². The van der Waals surface area contributed by atoms with Crippen LogP contribution in [0.4, 0.5) is 0 Å². The minimum atomic E-state index is -0.356. The fourth-order valence-corrected chi connectivity index (χ4v) is 3.00. The number of carbonyl (C=O) groups excluding carboxylic acids is 1. The van der Waals surface area contributed by atoms with Crippen molar-refractivity contribution in [3.8, 4) is 0 Å². The standard InChI is InChI=1S/C30H50O12/c1-2-8-32-9-10-33-11-12-34-13-14-35-15-16-36-17-18-37-19-20-38-21-22-39-23-24-40-25-26-41-27-28-42-30(31)29-6-4-3-5-7-29/h2-7H,1,8-28H2. The molecule has 0 bridgehead atoms. The molecular formula is C30H50O12. The van der Waals surface area contributed by atoms with E-state index in [-0.39, 0.29) is 12.6 Å². The Morgan fingerprint density at radius 2 is 0.738 bits per heavy atom. The van der Waals surface area contributed by atoms with E-state index in [0.717, 1.165) is 0 Å². The zero-order chi connectivity index (χ0) is 30.0. The first kappa shape index (κ1) is 38.1. The molecule has 0 aromatic heterocycles. The second-order valence-electron chi connectivity index (χ2n) is 8.38. The summed E-state index contributed by atoms with van der Waals surface area (Å²) in [5.41, 5.74) is 0.526. The minimum Gasteiger partial charge on any atom is -0.460 e. The van der Waals surface area contributed by atoms with Gasteiger partial charge in [-0.05, 0) is 12.1 Å². The van der Waals surface area contributed by atoms with Crippen molar-refractivity contribution in [2.24, 2.45) is 0 Å². The number of carbonyl (C=O) groups is 1. The second kappa shape index (κ2) is 32.0. The molecule has 0 aliphatic rings. The van der Waals surface area contributed by atoms with Gasteiger partial charge in [-0.25, -0.2) is 4.79 Å². The van der Waals surface area contributed by atoms with Crippen LogP contribution in [0.2, 0.25) is 0 Å². The van der Waals surface area contributed by atoms with Crippen LogP contribution in [0.1, 0.15) is 10.4 Å². The van der Waals surface area contributed by atoms with Crippen LogP contribution in [-0.2, 0) is 52.1 Å². The molecule has 0 radical (unpaired) electrons. The fraction of sp³-hybridized carbons (Fsp3) is 0.700. The smallest absolute Gasteiger partial charge is 0.338 e. The molecule has 0 spiro atoms. The largest absolute Gasteiger partial charge is 0.460 e. The summed E-state index contributed by atoms with van der Waals surface area (Å²) < 4.78 is 59.2. The molecule has 12 heteroatoms. The summed E-state index contributed by atoms with van der Waals surface area (Å²) in [6.45, 7) is 13.7. The molecule has 1 aromatic rings. The van der Waals surface area contributed by atoms with Crippen molar-refractivity contribution < 1.29 is 56.9 Å². The molecule has 12 nitrogen and oxygen atoms in total. The third kappa shape index (κ3) is 26.9. The van der Waals surface area contributed by atoms with Crippen LogP contribution < -0.4 is 0 Å². The molecule has 1 aromatic carbocycles. The van der Waals surface area contributed by atoms with Crippen LogP contribution in [-0.4, -0.2) is 145 Å². The van der Waals surface area contributed by atoms with Crippen LogP contribution in [0, 0.1) is 0 Å². The van der Waals surface area contributed by atoms with Crippen molar-refractivity contribution >= 4 is 5.97 Å². The molecule has 0 N–H and O–H groups in total. The van der Waals surface area contributed by atoms with Gasteiger partial charge in [0.05, 0.1) is 138 Å². The van der Waals surface area contributed by atoms with E-state index in [9.17, 15) is 4.79 Å². The van der Waals surface area contributed by atoms with Crippen LogP contribution >= 0.6 is 0 Å². The molecule has 0 atom stereocenters. The summed E-state index contributed by atoms with van der Waals surface area (Å²) in [7, 11) is 0. The fourth-order valence-electron chi connectivity index (χ4n) is 3.00. The maximum absolute atomic E-state index is 11.8. The maximum Gasteiger partial charge on any atom is 0.338 e. The molecule has 242 valence electrons. The average molecular weight is 603 g/mol. The Labute approximate surface area is 250 Å². The highest BCUT2D eigenvalue weighted by Crippen LogP contribution is 2.00. The minimum absolute atomic E-state index is 0.203. The van der Waals surface area contributed by atoms with Crippen molar-refractivity contribution in [2.75, 3.05) is 139 Å². The highest BCUT2D eigenvalue weighted by molar-refractivity contribution is 5.89. The first-order chi connectivity index (χ1) is 20.8. The first-order valence-corrected chi connectivity index (χ1v) is 14.4. The monoisotopic (exact) mass is 602 g/mol. The second-order valence-corrected chi connectivity index (χ2v) is 8.38. The van der Waals surface area contributed by atoms with Crippen molar-refractivity contribution in [3.05, 3.63) is 48.6 Å². The number of hydrogen-bond acceptors (Lipinski definition) is 12. The lowest BCUT2D eigenvalue weighted by atomic mass is 10.2. The van der Waals surface area contributed by atoms with Gasteiger partial charge in [-0.1, -0.05) is 24.3 Å². The summed E-state index contributed by atoms with van der Waals surface area (Å²) in [6.07, 6.45) is 1.71. The third-order valence-corrected chi connectivity index (χ3v) is 5.05. The predicted octanol–water partition coefficient (Wildman–Crippen LogP) is 2.20. The Kier molecular flexibility index (Phi) is 29.0. The first-order valence-electron chi connectivity index (χ1n) is 14.4. The Balaban J connectivity index is 1.64. The van der Waals surface area contributed by atoms with Gasteiger partial charge in [-0.2, -0.15) is 0 Å². The number of esters is 1. The van der Waals surface area contributed by atoms with Crippen LogP contribution in [0.5, 0.6) is 0 Å². The normalized spacial score (nSPS) is 11.1. The molecule has 0 saturated heterocycles. The van der Waals surface area contributed by atoms with Gasteiger partial charge in [0.1, 0.15) is 6.61 Å². The summed E-state index contributed by atoms with van der Waals surface area (Å²) in [6, 6.07) is 8.85. The van der Waals surface area contributed by atoms with Gasteiger partial charge < -0.3 is 52.1 Å². The van der Waals surface area contributed by atoms with Gasteiger partial charge in [0.15, 0.2) is 0 Å². The Bertz CT molecular complexity index is 707. The van der Waals surface area contributed by atoms with Crippen molar-refractivity contribution in [1.29, 1.82) is 0 Å². The van der Waals surface area contributed by atoms with E-state index in [4.69, 9.17) is 52.1 Å². The molecule has 0 fully saturated rings. The molecule has 0 aliphatic carbocycles. The molecular weight excluding hydrogens is 552 g/mol. The summed E-state index contributed by atoms with van der Waals surface area (Å²) in [4.78, 5) is 11.8. The van der Waals surface area contributed by atoms with Crippen molar-refractivity contribution in [3.63, 3.8) is 0 Å². The maximum atomic E-state index is 11.8. The van der Waals surface area contributed by atoms with Gasteiger partial charge in [-0.15, -0.1) is 6.58 Å². The Morgan fingerprint density at radius 1 is 0.452 bits per heavy atom. The van der Waals surface area contributed by atoms with E-state index >= 15 is 0 Å². The highest BCUT2D eigenvalue weighted by Gasteiger charge is 2.05. The van der Waals surface area contributed by atoms with Crippen molar-refractivity contribution in [2.45, 2.75) is 0 Å². The van der Waals surface area contributed by atoms with E-state index < -0.39 is 0 Å². The average Bonchev–Trinajstić information content (AvgIpc) is 3.02. The molecule has 1 rings (SSSR count). The quantitative estimate of drug-likeness (QED) is 0.0667.